The molecule has 4 rings (SSSR count). The van der Waals surface area contributed by atoms with Gasteiger partial charge in [0.15, 0.2) is 5.82 Å². The van der Waals surface area contributed by atoms with E-state index in [9.17, 15) is 9.59 Å². The zero-order chi connectivity index (χ0) is 16.7. The number of benzene rings is 1. The van der Waals surface area contributed by atoms with Crippen molar-refractivity contribution in [3.8, 4) is 0 Å². The Hall–Kier alpha value is -3.15. The number of esters is 1. The van der Waals surface area contributed by atoms with Crippen molar-refractivity contribution in [3.63, 3.8) is 0 Å². The molecule has 120 valence electrons. The number of nitrogens with one attached hydrogen (secondary N) is 2. The summed E-state index contributed by atoms with van der Waals surface area (Å²) in [5, 5.41) is 10.1. The minimum atomic E-state index is -0.394. The van der Waals surface area contributed by atoms with Crippen LogP contribution in [0, 0.1) is 0 Å². The van der Waals surface area contributed by atoms with E-state index in [0.717, 1.165) is 22.4 Å². The molecule has 0 saturated heterocycles. The van der Waals surface area contributed by atoms with Gasteiger partial charge in [0, 0.05) is 17.9 Å². The van der Waals surface area contributed by atoms with Gasteiger partial charge in [-0.25, -0.2) is 4.79 Å². The van der Waals surface area contributed by atoms with Crippen molar-refractivity contribution >= 4 is 23.3 Å². The average molecular weight is 321 g/mol. The molecule has 0 fully saturated rings. The van der Waals surface area contributed by atoms with Crippen LogP contribution in [0.5, 0.6) is 0 Å². The molecule has 0 bridgehead atoms. The third-order valence-electron chi connectivity index (χ3n) is 4.35. The summed E-state index contributed by atoms with van der Waals surface area (Å²) in [7, 11) is 1.35. The Balaban J connectivity index is 1.81. The first-order valence-electron chi connectivity index (χ1n) is 7.62. The van der Waals surface area contributed by atoms with E-state index in [2.05, 4.69) is 15.5 Å². The Bertz CT molecular complexity index is 908. The third kappa shape index (κ3) is 2.23. The van der Waals surface area contributed by atoms with Crippen LogP contribution >= 0.6 is 0 Å². The Labute approximate surface area is 138 Å². The lowest BCUT2D eigenvalue weighted by Gasteiger charge is -2.24. The molecule has 1 aliphatic heterocycles. The summed E-state index contributed by atoms with van der Waals surface area (Å²) in [4.78, 5) is 23.9. The van der Waals surface area contributed by atoms with Crippen molar-refractivity contribution in [2.45, 2.75) is 12.3 Å². The number of allylic oxidation sites excluding steroid dienone is 4. The van der Waals surface area contributed by atoms with Crippen LogP contribution in [-0.2, 0) is 9.53 Å². The minimum Gasteiger partial charge on any atom is -0.465 e. The fourth-order valence-electron chi connectivity index (χ4n) is 3.12. The number of ether oxygens (including phenoxy) is 1. The van der Waals surface area contributed by atoms with Gasteiger partial charge >= 0.3 is 5.97 Å². The second-order valence-corrected chi connectivity index (χ2v) is 5.76. The van der Waals surface area contributed by atoms with Crippen LogP contribution in [-0.4, -0.2) is 29.2 Å². The molecule has 0 saturated carbocycles. The molecular weight excluding hydrogens is 306 g/mol. The maximum atomic E-state index is 12.1. The Morgan fingerprint density at radius 1 is 1.38 bits per heavy atom. The van der Waals surface area contributed by atoms with Gasteiger partial charge in [0.1, 0.15) is 0 Å². The van der Waals surface area contributed by atoms with Crippen molar-refractivity contribution in [3.05, 3.63) is 64.9 Å². The number of amides is 1. The highest BCUT2D eigenvalue weighted by molar-refractivity contribution is 5.96. The summed E-state index contributed by atoms with van der Waals surface area (Å²) in [5.74, 6) is -0.0977. The number of carbonyl (C=O) groups is 2. The van der Waals surface area contributed by atoms with Gasteiger partial charge in [-0.05, 0) is 23.3 Å². The minimum absolute atomic E-state index is 0.0906. The zero-order valence-corrected chi connectivity index (χ0v) is 13.0. The van der Waals surface area contributed by atoms with Gasteiger partial charge < -0.3 is 10.1 Å². The van der Waals surface area contributed by atoms with Crippen molar-refractivity contribution in [1.82, 2.24) is 10.2 Å². The van der Waals surface area contributed by atoms with Crippen molar-refractivity contribution < 1.29 is 14.3 Å². The molecule has 6 heteroatoms. The molecular formula is C18H15N3O3. The van der Waals surface area contributed by atoms with Gasteiger partial charge in [0.05, 0.1) is 18.4 Å². The lowest BCUT2D eigenvalue weighted by Crippen LogP contribution is -2.24. The summed E-state index contributed by atoms with van der Waals surface area (Å²) in [6.07, 6.45) is 6.25. The first kappa shape index (κ1) is 14.4. The van der Waals surface area contributed by atoms with E-state index in [-0.39, 0.29) is 11.8 Å². The van der Waals surface area contributed by atoms with Crippen molar-refractivity contribution in [1.29, 1.82) is 0 Å². The van der Waals surface area contributed by atoms with Crippen LogP contribution in [0.15, 0.2) is 42.5 Å². The number of carbonyl (C=O) groups excluding carboxylic acids is 2. The van der Waals surface area contributed by atoms with Crippen LogP contribution in [0.25, 0.3) is 5.57 Å². The number of nitrogens with zero attached hydrogens (tertiary/aromatic N) is 1. The summed E-state index contributed by atoms with van der Waals surface area (Å²) in [6.45, 7) is 0. The van der Waals surface area contributed by atoms with E-state index >= 15 is 0 Å². The number of rotatable bonds is 3. The second-order valence-electron chi connectivity index (χ2n) is 5.76. The maximum absolute atomic E-state index is 12.1. The highest BCUT2D eigenvalue weighted by Crippen LogP contribution is 2.41. The normalized spacial score (nSPS) is 18.3. The fourth-order valence-corrected chi connectivity index (χ4v) is 3.12. The largest absolute Gasteiger partial charge is 0.465 e. The van der Waals surface area contributed by atoms with Crippen LogP contribution in [0.4, 0.5) is 5.82 Å². The molecule has 2 aromatic rings. The number of methoxy groups -OCH3 is 1. The van der Waals surface area contributed by atoms with Gasteiger partial charge in [-0.15, -0.1) is 0 Å². The highest BCUT2D eigenvalue weighted by Gasteiger charge is 2.32. The van der Waals surface area contributed by atoms with Gasteiger partial charge in [-0.1, -0.05) is 30.4 Å². The topological polar surface area (TPSA) is 84.1 Å². The molecule has 0 radical (unpaired) electrons. The predicted octanol–water partition coefficient (Wildman–Crippen LogP) is 2.62. The van der Waals surface area contributed by atoms with Gasteiger partial charge in [0.25, 0.3) is 0 Å². The van der Waals surface area contributed by atoms with Crippen LogP contribution in [0.3, 0.4) is 0 Å². The predicted molar refractivity (Wildman–Crippen MR) is 88.6 cm³/mol. The van der Waals surface area contributed by atoms with Gasteiger partial charge in [-0.2, -0.15) is 5.10 Å². The Morgan fingerprint density at radius 3 is 2.92 bits per heavy atom. The number of hydrogen-bond acceptors (Lipinski definition) is 4. The van der Waals surface area contributed by atoms with Crippen LogP contribution in [0.1, 0.15) is 39.5 Å². The van der Waals surface area contributed by atoms with Crippen LogP contribution < -0.4 is 5.32 Å². The summed E-state index contributed by atoms with van der Waals surface area (Å²) < 4.78 is 4.79. The second kappa shape index (κ2) is 5.49. The average Bonchev–Trinajstić information content (AvgIpc) is 2.95. The van der Waals surface area contributed by atoms with E-state index in [4.69, 9.17) is 4.74 Å². The number of aromatic nitrogens is 2. The standard InChI is InChI=1S/C18H15N3O3/c1-24-18(23)12-7-3-6-11(8-12)13-9-14(22)19-17-15(13)16(20-21-17)10-4-2-5-10/h2-8,13H,9H2,1H3,(H2,19,20,21,22). The quantitative estimate of drug-likeness (QED) is 0.851. The molecule has 1 aromatic carbocycles. The molecule has 2 N–H and O–H groups in total. The highest BCUT2D eigenvalue weighted by atomic mass is 16.5. The van der Waals surface area contributed by atoms with E-state index in [0.29, 0.717) is 17.8 Å². The summed E-state index contributed by atoms with van der Waals surface area (Å²) in [6, 6.07) is 7.20. The first-order chi connectivity index (χ1) is 11.7. The Kier molecular flexibility index (Phi) is 3.30. The molecule has 0 spiro atoms. The smallest absolute Gasteiger partial charge is 0.337 e. The number of hydrogen-bond donors (Lipinski definition) is 2. The van der Waals surface area contributed by atoms with Crippen molar-refractivity contribution in [2.75, 3.05) is 12.4 Å². The molecule has 2 heterocycles. The van der Waals surface area contributed by atoms with E-state index in [1.807, 2.05) is 24.3 Å². The molecule has 1 atom stereocenters. The van der Waals surface area contributed by atoms with E-state index in [1.54, 1.807) is 18.2 Å². The molecule has 24 heavy (non-hydrogen) atoms. The van der Waals surface area contributed by atoms with E-state index in [1.165, 1.54) is 7.11 Å². The number of H-pyrrole nitrogens is 1. The zero-order valence-electron chi connectivity index (χ0n) is 13.0. The molecule has 1 aliphatic carbocycles. The lowest BCUT2D eigenvalue weighted by molar-refractivity contribution is -0.116. The molecule has 1 unspecified atom stereocenters. The number of anilines is 1. The van der Waals surface area contributed by atoms with Gasteiger partial charge in [-0.3, -0.25) is 9.89 Å². The van der Waals surface area contributed by atoms with E-state index < -0.39 is 5.97 Å². The van der Waals surface area contributed by atoms with Gasteiger partial charge in [0.2, 0.25) is 5.91 Å². The lowest BCUT2D eigenvalue weighted by atomic mass is 9.83. The Morgan fingerprint density at radius 2 is 2.21 bits per heavy atom. The first-order valence-corrected chi connectivity index (χ1v) is 7.62. The summed E-state index contributed by atoms with van der Waals surface area (Å²) >= 11 is 0. The number of fused-ring (bicyclic) bond motifs is 1. The number of aromatic amines is 1. The van der Waals surface area contributed by atoms with Crippen molar-refractivity contribution in [2.24, 2.45) is 0 Å². The molecule has 6 nitrogen and oxygen atoms in total. The molecule has 1 amide bonds. The van der Waals surface area contributed by atoms with Crippen LogP contribution in [0.2, 0.25) is 0 Å². The SMILES string of the molecule is COC(=O)c1cccc(C2CC(=O)Nc3n[nH]c(C4=CC=C4)c32)c1. The maximum Gasteiger partial charge on any atom is 0.337 e. The monoisotopic (exact) mass is 321 g/mol. The third-order valence-corrected chi connectivity index (χ3v) is 4.35. The molecule has 2 aliphatic rings. The fraction of sp³-hybridized carbons (Fsp3) is 0.167. The summed E-state index contributed by atoms with van der Waals surface area (Å²) in [5.41, 5.74) is 4.26. The molecule has 1 aromatic heterocycles.